The fourth-order valence-electron chi connectivity index (χ4n) is 1.62. The lowest BCUT2D eigenvalue weighted by Gasteiger charge is -2.10. The number of pyridine rings is 2. The quantitative estimate of drug-likeness (QED) is 0.808. The number of rotatable bonds is 6. The fraction of sp³-hybridized carbons (Fsp3) is 0.250. The molecular formula is C16H19N3O. The average molecular weight is 269 g/mol. The Bertz CT molecular complexity index is 553. The Labute approximate surface area is 119 Å². The molecule has 4 nitrogen and oxygen atoms in total. The lowest BCUT2D eigenvalue weighted by molar-refractivity contribution is 0.260. The summed E-state index contributed by atoms with van der Waals surface area (Å²) in [5.74, 6) is 0.795. The van der Waals surface area contributed by atoms with E-state index < -0.39 is 0 Å². The van der Waals surface area contributed by atoms with Gasteiger partial charge in [-0.25, -0.2) is 0 Å². The highest BCUT2D eigenvalue weighted by Crippen LogP contribution is 2.13. The first-order valence-electron chi connectivity index (χ1n) is 6.55. The second kappa shape index (κ2) is 7.40. The van der Waals surface area contributed by atoms with Crippen LogP contribution in [0.5, 0.6) is 5.75 Å². The first-order chi connectivity index (χ1) is 9.74. The van der Waals surface area contributed by atoms with Gasteiger partial charge in [-0.1, -0.05) is 12.2 Å². The van der Waals surface area contributed by atoms with E-state index in [1.54, 1.807) is 18.6 Å². The molecule has 0 unspecified atom stereocenters. The van der Waals surface area contributed by atoms with Crippen molar-refractivity contribution in [1.29, 1.82) is 0 Å². The number of ether oxygens (including phenoxy) is 1. The van der Waals surface area contributed by atoms with Crippen LogP contribution in [0.1, 0.15) is 11.1 Å². The summed E-state index contributed by atoms with van der Waals surface area (Å²) in [7, 11) is 4.05. The third-order valence-electron chi connectivity index (χ3n) is 2.72. The standard InChI is InChI=1S/C16H19N3O/c1-19(2)9-10-20-16-11-15(12-18-13-16)4-3-14-5-7-17-8-6-14/h3-8,11-13H,9-10H2,1-2H3. The molecule has 2 heterocycles. The van der Waals surface area contributed by atoms with Crippen molar-refractivity contribution in [3.63, 3.8) is 0 Å². The Balaban J connectivity index is 1.97. The molecule has 2 rings (SSSR count). The molecule has 2 aromatic rings. The van der Waals surface area contributed by atoms with E-state index in [-0.39, 0.29) is 0 Å². The second-order valence-corrected chi connectivity index (χ2v) is 4.72. The molecule has 0 radical (unpaired) electrons. The minimum Gasteiger partial charge on any atom is -0.491 e. The normalized spacial score (nSPS) is 11.2. The van der Waals surface area contributed by atoms with Crippen molar-refractivity contribution in [2.45, 2.75) is 0 Å². The van der Waals surface area contributed by atoms with Crippen LogP contribution in [-0.2, 0) is 0 Å². The van der Waals surface area contributed by atoms with Crippen LogP contribution in [0.25, 0.3) is 12.2 Å². The SMILES string of the molecule is CN(C)CCOc1cncc(C=Cc2ccncc2)c1. The third kappa shape index (κ3) is 4.82. The Morgan fingerprint density at radius 3 is 2.55 bits per heavy atom. The van der Waals surface area contributed by atoms with Gasteiger partial charge in [-0.3, -0.25) is 9.97 Å². The smallest absolute Gasteiger partial charge is 0.138 e. The molecular weight excluding hydrogens is 250 g/mol. The molecule has 0 amide bonds. The van der Waals surface area contributed by atoms with E-state index in [2.05, 4.69) is 14.9 Å². The van der Waals surface area contributed by atoms with Crippen LogP contribution >= 0.6 is 0 Å². The lowest BCUT2D eigenvalue weighted by Crippen LogP contribution is -2.19. The van der Waals surface area contributed by atoms with Crippen LogP contribution in [0, 0.1) is 0 Å². The van der Waals surface area contributed by atoms with E-state index in [4.69, 9.17) is 4.74 Å². The molecule has 0 N–H and O–H groups in total. The summed E-state index contributed by atoms with van der Waals surface area (Å²) < 4.78 is 5.66. The summed E-state index contributed by atoms with van der Waals surface area (Å²) in [6.45, 7) is 1.54. The van der Waals surface area contributed by atoms with Crippen molar-refractivity contribution >= 4 is 12.2 Å². The summed E-state index contributed by atoms with van der Waals surface area (Å²) >= 11 is 0. The van der Waals surface area contributed by atoms with E-state index in [1.165, 1.54) is 0 Å². The molecule has 20 heavy (non-hydrogen) atoms. The fourth-order valence-corrected chi connectivity index (χ4v) is 1.62. The van der Waals surface area contributed by atoms with E-state index in [0.29, 0.717) is 6.61 Å². The van der Waals surface area contributed by atoms with Gasteiger partial charge in [0.05, 0.1) is 6.20 Å². The minimum absolute atomic E-state index is 0.659. The molecule has 0 aliphatic carbocycles. The first-order valence-corrected chi connectivity index (χ1v) is 6.55. The molecule has 4 heteroatoms. The maximum Gasteiger partial charge on any atom is 0.138 e. The van der Waals surface area contributed by atoms with Crippen molar-refractivity contribution < 1.29 is 4.74 Å². The predicted octanol–water partition coefficient (Wildman–Crippen LogP) is 2.59. The molecule has 0 aliphatic heterocycles. The van der Waals surface area contributed by atoms with E-state index in [0.717, 1.165) is 23.4 Å². The first kappa shape index (κ1) is 14.2. The van der Waals surface area contributed by atoms with Crippen LogP contribution in [0.4, 0.5) is 0 Å². The van der Waals surface area contributed by atoms with Gasteiger partial charge < -0.3 is 9.64 Å². The summed E-state index contributed by atoms with van der Waals surface area (Å²) in [6, 6.07) is 5.91. The molecule has 0 spiro atoms. The zero-order valence-electron chi connectivity index (χ0n) is 11.9. The van der Waals surface area contributed by atoms with Gasteiger partial charge in [-0.15, -0.1) is 0 Å². The second-order valence-electron chi connectivity index (χ2n) is 4.72. The largest absolute Gasteiger partial charge is 0.491 e. The Hall–Kier alpha value is -2.20. The summed E-state index contributed by atoms with van der Waals surface area (Å²) in [4.78, 5) is 10.3. The summed E-state index contributed by atoms with van der Waals surface area (Å²) in [5.41, 5.74) is 2.13. The average Bonchev–Trinajstić information content (AvgIpc) is 2.46. The number of hydrogen-bond acceptors (Lipinski definition) is 4. The van der Waals surface area contributed by atoms with Crippen molar-refractivity contribution in [2.75, 3.05) is 27.2 Å². The molecule has 0 atom stereocenters. The number of aromatic nitrogens is 2. The van der Waals surface area contributed by atoms with Gasteiger partial charge in [0.2, 0.25) is 0 Å². The predicted molar refractivity (Wildman–Crippen MR) is 81.5 cm³/mol. The zero-order valence-corrected chi connectivity index (χ0v) is 11.9. The van der Waals surface area contributed by atoms with Crippen LogP contribution in [-0.4, -0.2) is 42.1 Å². The maximum absolute atomic E-state index is 5.66. The van der Waals surface area contributed by atoms with Crippen molar-refractivity contribution in [3.05, 3.63) is 54.1 Å². The molecule has 0 saturated heterocycles. The van der Waals surface area contributed by atoms with Gasteiger partial charge in [0.25, 0.3) is 0 Å². The van der Waals surface area contributed by atoms with Gasteiger partial charge >= 0.3 is 0 Å². The molecule has 0 aliphatic rings. The van der Waals surface area contributed by atoms with E-state index in [9.17, 15) is 0 Å². The monoisotopic (exact) mass is 269 g/mol. The minimum atomic E-state index is 0.659. The van der Waals surface area contributed by atoms with Crippen LogP contribution in [0.15, 0.2) is 43.0 Å². The molecule has 0 saturated carbocycles. The number of nitrogens with zero attached hydrogens (tertiary/aromatic N) is 3. The molecule has 0 bridgehead atoms. The van der Waals surface area contributed by atoms with E-state index in [1.807, 2.05) is 50.6 Å². The topological polar surface area (TPSA) is 38.2 Å². The van der Waals surface area contributed by atoms with Gasteiger partial charge in [-0.05, 0) is 43.4 Å². The van der Waals surface area contributed by atoms with Crippen LogP contribution in [0.3, 0.4) is 0 Å². The van der Waals surface area contributed by atoms with Crippen molar-refractivity contribution in [3.8, 4) is 5.75 Å². The highest BCUT2D eigenvalue weighted by molar-refractivity contribution is 5.69. The van der Waals surface area contributed by atoms with E-state index >= 15 is 0 Å². The van der Waals surface area contributed by atoms with Crippen molar-refractivity contribution in [2.24, 2.45) is 0 Å². The van der Waals surface area contributed by atoms with Gasteiger partial charge in [0.1, 0.15) is 12.4 Å². The van der Waals surface area contributed by atoms with Crippen LogP contribution < -0.4 is 4.74 Å². The summed E-state index contributed by atoms with van der Waals surface area (Å²) in [6.07, 6.45) is 11.1. The Morgan fingerprint density at radius 1 is 1.05 bits per heavy atom. The third-order valence-corrected chi connectivity index (χ3v) is 2.72. The highest BCUT2D eigenvalue weighted by atomic mass is 16.5. The molecule has 2 aromatic heterocycles. The Kier molecular flexibility index (Phi) is 5.26. The van der Waals surface area contributed by atoms with Gasteiger partial charge in [-0.2, -0.15) is 0 Å². The molecule has 0 aromatic carbocycles. The highest BCUT2D eigenvalue weighted by Gasteiger charge is 1.97. The summed E-state index contributed by atoms with van der Waals surface area (Å²) in [5, 5.41) is 0. The number of likely N-dealkylation sites (N-methyl/N-ethyl adjacent to an activating group) is 1. The molecule has 0 fully saturated rings. The lowest BCUT2D eigenvalue weighted by atomic mass is 10.2. The molecule has 104 valence electrons. The maximum atomic E-state index is 5.66. The van der Waals surface area contributed by atoms with Crippen LogP contribution in [0.2, 0.25) is 0 Å². The Morgan fingerprint density at radius 2 is 1.80 bits per heavy atom. The van der Waals surface area contributed by atoms with Gasteiger partial charge in [0, 0.05) is 25.1 Å². The number of hydrogen-bond donors (Lipinski definition) is 0. The van der Waals surface area contributed by atoms with Crippen molar-refractivity contribution in [1.82, 2.24) is 14.9 Å². The van der Waals surface area contributed by atoms with Gasteiger partial charge in [0.15, 0.2) is 0 Å². The zero-order chi connectivity index (χ0) is 14.2.